The third kappa shape index (κ3) is 4.67. The van der Waals surface area contributed by atoms with Crippen LogP contribution >= 0.6 is 11.3 Å². The Labute approximate surface area is 191 Å². The molecule has 0 bridgehead atoms. The zero-order valence-corrected chi connectivity index (χ0v) is 19.4. The molecule has 2 aromatic heterocycles. The maximum Gasteiger partial charge on any atom is 0.291 e. The number of thiophene rings is 1. The number of nitrogens with one attached hydrogen (secondary N) is 1. The van der Waals surface area contributed by atoms with E-state index in [1.807, 2.05) is 18.2 Å². The average molecular weight is 457 g/mol. The summed E-state index contributed by atoms with van der Waals surface area (Å²) in [5.74, 6) is 1.55. The van der Waals surface area contributed by atoms with Crippen molar-refractivity contribution < 1.29 is 23.4 Å². The number of ether oxygens (including phenoxy) is 3. The maximum absolute atomic E-state index is 12.8. The Hall–Kier alpha value is -2.81. The summed E-state index contributed by atoms with van der Waals surface area (Å²) in [6.45, 7) is 4.97. The van der Waals surface area contributed by atoms with E-state index in [1.165, 1.54) is 11.1 Å². The molecule has 1 aliphatic rings. The molecule has 0 unspecified atom stereocenters. The smallest absolute Gasteiger partial charge is 0.291 e. The molecule has 1 fully saturated rings. The van der Waals surface area contributed by atoms with Crippen LogP contribution in [-0.2, 0) is 11.2 Å². The van der Waals surface area contributed by atoms with Crippen molar-refractivity contribution in [1.29, 1.82) is 0 Å². The molecule has 0 aliphatic carbocycles. The Balaban J connectivity index is 1.81. The lowest BCUT2D eigenvalue weighted by Gasteiger charge is -2.35. The minimum Gasteiger partial charge on any atom is -0.497 e. The number of hydrogen-bond donors (Lipinski definition) is 1. The summed E-state index contributed by atoms with van der Waals surface area (Å²) in [6.07, 6.45) is 2.37. The molecule has 1 aliphatic heterocycles. The van der Waals surface area contributed by atoms with Crippen LogP contribution in [0.3, 0.4) is 0 Å². The van der Waals surface area contributed by atoms with E-state index in [0.717, 1.165) is 47.1 Å². The highest BCUT2D eigenvalue weighted by Crippen LogP contribution is 2.43. The van der Waals surface area contributed by atoms with Gasteiger partial charge in [-0.15, -0.1) is 11.3 Å². The summed E-state index contributed by atoms with van der Waals surface area (Å²) in [5.41, 5.74) is 2.02. The molecule has 0 saturated carbocycles. The molecule has 170 valence electrons. The van der Waals surface area contributed by atoms with Gasteiger partial charge in [-0.1, -0.05) is 6.92 Å². The van der Waals surface area contributed by atoms with Crippen molar-refractivity contribution in [2.45, 2.75) is 19.4 Å². The number of carbonyl (C=O) groups is 1. The molecule has 1 N–H and O–H groups in total. The molecule has 3 heterocycles. The van der Waals surface area contributed by atoms with E-state index >= 15 is 0 Å². The highest BCUT2D eigenvalue weighted by atomic mass is 32.1. The Kier molecular flexibility index (Phi) is 7.14. The van der Waals surface area contributed by atoms with Gasteiger partial charge in [0.1, 0.15) is 16.5 Å². The van der Waals surface area contributed by atoms with Crippen LogP contribution in [0.5, 0.6) is 11.5 Å². The SMILES string of the molecule is CCc1cc([C@H](c2cc(OC)ccc2OC)N2CCOCC2)c(NC(=O)c2ccco2)s1. The zero-order chi connectivity index (χ0) is 22.5. The molecule has 1 amide bonds. The van der Waals surface area contributed by atoms with Crippen molar-refractivity contribution >= 4 is 22.2 Å². The normalized spacial score (nSPS) is 15.3. The number of anilines is 1. The molecule has 0 radical (unpaired) electrons. The summed E-state index contributed by atoms with van der Waals surface area (Å²) in [4.78, 5) is 16.4. The van der Waals surface area contributed by atoms with Crippen molar-refractivity contribution in [2.75, 3.05) is 45.8 Å². The zero-order valence-electron chi connectivity index (χ0n) is 18.6. The predicted octanol–water partition coefficient (Wildman–Crippen LogP) is 4.59. The molecule has 1 saturated heterocycles. The molecule has 3 aromatic rings. The van der Waals surface area contributed by atoms with E-state index in [-0.39, 0.29) is 17.7 Å². The summed E-state index contributed by atoms with van der Waals surface area (Å²) in [5, 5.41) is 3.89. The number of rotatable bonds is 8. The number of aryl methyl sites for hydroxylation is 1. The predicted molar refractivity (Wildman–Crippen MR) is 124 cm³/mol. The number of morpholine rings is 1. The number of nitrogens with zero attached hydrogens (tertiary/aromatic N) is 1. The van der Waals surface area contributed by atoms with E-state index in [0.29, 0.717) is 13.2 Å². The van der Waals surface area contributed by atoms with Crippen LogP contribution in [0.1, 0.15) is 39.5 Å². The fraction of sp³-hybridized carbons (Fsp3) is 0.375. The third-order valence-electron chi connectivity index (χ3n) is 5.57. The molecule has 1 aromatic carbocycles. The van der Waals surface area contributed by atoms with Gasteiger partial charge in [0.2, 0.25) is 0 Å². The molecular formula is C24H28N2O5S. The fourth-order valence-electron chi connectivity index (χ4n) is 3.96. The van der Waals surface area contributed by atoms with E-state index in [2.05, 4.69) is 23.2 Å². The second-order valence-electron chi connectivity index (χ2n) is 7.44. The quantitative estimate of drug-likeness (QED) is 0.534. The Morgan fingerprint density at radius 2 is 1.97 bits per heavy atom. The first-order chi connectivity index (χ1) is 15.6. The van der Waals surface area contributed by atoms with E-state index in [9.17, 15) is 4.79 Å². The van der Waals surface area contributed by atoms with Gasteiger partial charge in [0.15, 0.2) is 5.76 Å². The van der Waals surface area contributed by atoms with E-state index in [1.54, 1.807) is 37.7 Å². The number of furan rings is 1. The Morgan fingerprint density at radius 1 is 1.16 bits per heavy atom. The third-order valence-corrected chi connectivity index (χ3v) is 6.78. The lowest BCUT2D eigenvalue weighted by molar-refractivity contribution is 0.0237. The van der Waals surface area contributed by atoms with Gasteiger partial charge in [-0.05, 0) is 42.8 Å². The van der Waals surface area contributed by atoms with Gasteiger partial charge in [-0.3, -0.25) is 9.69 Å². The average Bonchev–Trinajstić information content (AvgIpc) is 3.51. The second-order valence-corrected chi connectivity index (χ2v) is 8.58. The van der Waals surface area contributed by atoms with Crippen molar-refractivity contribution in [1.82, 2.24) is 4.90 Å². The van der Waals surface area contributed by atoms with Crippen molar-refractivity contribution in [3.8, 4) is 11.5 Å². The summed E-state index contributed by atoms with van der Waals surface area (Å²) in [7, 11) is 3.33. The molecule has 1 atom stereocenters. The first-order valence-corrected chi connectivity index (χ1v) is 11.5. The number of hydrogen-bond acceptors (Lipinski definition) is 7. The first kappa shape index (κ1) is 22.4. The van der Waals surface area contributed by atoms with Gasteiger partial charge in [-0.25, -0.2) is 0 Å². The minimum absolute atomic E-state index is 0.132. The first-order valence-electron chi connectivity index (χ1n) is 10.7. The largest absolute Gasteiger partial charge is 0.497 e. The molecule has 4 rings (SSSR count). The monoisotopic (exact) mass is 456 g/mol. The topological polar surface area (TPSA) is 73.2 Å². The van der Waals surface area contributed by atoms with Crippen LogP contribution in [0, 0.1) is 0 Å². The number of carbonyl (C=O) groups excluding carboxylic acids is 1. The van der Waals surface area contributed by atoms with Gasteiger partial charge < -0.3 is 23.9 Å². The maximum atomic E-state index is 12.8. The fourth-order valence-corrected chi connectivity index (χ4v) is 4.98. The van der Waals surface area contributed by atoms with Crippen LogP contribution in [0.15, 0.2) is 47.1 Å². The standard InChI is InChI=1S/C24H28N2O5S/c1-4-17-15-19(24(32-17)25-23(27)21-6-5-11-31-21)22(26-9-12-30-13-10-26)18-14-16(28-2)7-8-20(18)29-3/h5-8,11,14-15,22H,4,9-10,12-13H2,1-3H3,(H,25,27)/t22-/m0/s1. The van der Waals surface area contributed by atoms with Crippen molar-refractivity contribution in [3.05, 3.63) is 64.4 Å². The highest BCUT2D eigenvalue weighted by molar-refractivity contribution is 7.16. The van der Waals surface area contributed by atoms with Crippen LogP contribution in [0.4, 0.5) is 5.00 Å². The van der Waals surface area contributed by atoms with E-state index in [4.69, 9.17) is 18.6 Å². The summed E-state index contributed by atoms with van der Waals surface area (Å²) in [6, 6.07) is 11.3. The number of benzene rings is 1. The second kappa shape index (κ2) is 10.2. The molecule has 32 heavy (non-hydrogen) atoms. The highest BCUT2D eigenvalue weighted by Gasteiger charge is 2.31. The minimum atomic E-state index is -0.265. The van der Waals surface area contributed by atoms with Crippen molar-refractivity contribution in [2.24, 2.45) is 0 Å². The van der Waals surface area contributed by atoms with Gasteiger partial charge in [0, 0.05) is 29.1 Å². The van der Waals surface area contributed by atoms with Gasteiger partial charge in [0.05, 0.1) is 39.7 Å². The Morgan fingerprint density at radius 3 is 2.62 bits per heavy atom. The Bertz CT molecular complexity index is 1040. The van der Waals surface area contributed by atoms with Gasteiger partial charge in [0.25, 0.3) is 5.91 Å². The molecular weight excluding hydrogens is 428 g/mol. The number of methoxy groups -OCH3 is 2. The van der Waals surface area contributed by atoms with Gasteiger partial charge >= 0.3 is 0 Å². The van der Waals surface area contributed by atoms with Crippen LogP contribution < -0.4 is 14.8 Å². The molecule has 8 heteroatoms. The lowest BCUT2D eigenvalue weighted by atomic mass is 9.96. The molecule has 7 nitrogen and oxygen atoms in total. The van der Waals surface area contributed by atoms with E-state index < -0.39 is 0 Å². The molecule has 0 spiro atoms. The van der Waals surface area contributed by atoms with Crippen LogP contribution in [0.2, 0.25) is 0 Å². The van der Waals surface area contributed by atoms with Crippen LogP contribution in [-0.4, -0.2) is 51.3 Å². The summed E-state index contributed by atoms with van der Waals surface area (Å²) < 4.78 is 22.2. The number of amides is 1. The summed E-state index contributed by atoms with van der Waals surface area (Å²) >= 11 is 1.59. The van der Waals surface area contributed by atoms with Crippen molar-refractivity contribution in [3.63, 3.8) is 0 Å². The van der Waals surface area contributed by atoms with Crippen LogP contribution in [0.25, 0.3) is 0 Å². The lowest BCUT2D eigenvalue weighted by Crippen LogP contribution is -2.39. The van der Waals surface area contributed by atoms with Gasteiger partial charge in [-0.2, -0.15) is 0 Å².